The Hall–Kier alpha value is -1.65. The van der Waals surface area contributed by atoms with E-state index in [1.807, 2.05) is 50.1 Å². The lowest BCUT2D eigenvalue weighted by atomic mass is 10.1. The molecule has 0 saturated heterocycles. The van der Waals surface area contributed by atoms with Crippen LogP contribution in [-0.4, -0.2) is 24.4 Å². The van der Waals surface area contributed by atoms with Crippen LogP contribution in [0.2, 0.25) is 0 Å². The average molecular weight is 288 g/mol. The minimum atomic E-state index is 0.0257. The van der Waals surface area contributed by atoms with Gasteiger partial charge in [-0.25, -0.2) is 0 Å². The minimum Gasteiger partial charge on any atom is -0.325 e. The van der Waals surface area contributed by atoms with Crippen LogP contribution in [0.3, 0.4) is 0 Å². The molecule has 3 nitrogen and oxygen atoms in total. The molecule has 0 atom stereocenters. The summed E-state index contributed by atoms with van der Waals surface area (Å²) in [5.41, 5.74) is 3.14. The smallest absolute Gasteiger partial charge is 0.238 e. The highest BCUT2D eigenvalue weighted by Gasteiger charge is 2.09. The molecule has 0 fully saturated rings. The van der Waals surface area contributed by atoms with Crippen LogP contribution < -0.4 is 5.32 Å². The van der Waals surface area contributed by atoms with E-state index in [-0.39, 0.29) is 5.91 Å². The number of benzene rings is 1. The molecule has 0 radical (unpaired) electrons. The van der Waals surface area contributed by atoms with Crippen molar-refractivity contribution in [2.24, 2.45) is 0 Å². The molecule has 20 heavy (non-hydrogen) atoms. The zero-order valence-electron chi connectivity index (χ0n) is 12.1. The van der Waals surface area contributed by atoms with Crippen molar-refractivity contribution in [1.82, 2.24) is 4.90 Å². The van der Waals surface area contributed by atoms with Gasteiger partial charge in [0, 0.05) is 17.1 Å². The summed E-state index contributed by atoms with van der Waals surface area (Å²) >= 11 is 1.71. The SMILES string of the molecule is Cc1ccc(C)c(NC(=O)CN(C)Cc2cccs2)c1. The quantitative estimate of drug-likeness (QED) is 0.914. The Bertz CT molecular complexity index is 578. The van der Waals surface area contributed by atoms with Gasteiger partial charge in [-0.1, -0.05) is 18.2 Å². The van der Waals surface area contributed by atoms with Crippen molar-refractivity contribution in [3.8, 4) is 0 Å². The summed E-state index contributed by atoms with van der Waals surface area (Å²) in [5.74, 6) is 0.0257. The molecule has 0 unspecified atom stereocenters. The summed E-state index contributed by atoms with van der Waals surface area (Å²) in [6.07, 6.45) is 0. The predicted molar refractivity (Wildman–Crippen MR) is 85.2 cm³/mol. The van der Waals surface area contributed by atoms with Gasteiger partial charge in [-0.3, -0.25) is 9.69 Å². The fraction of sp³-hybridized carbons (Fsp3) is 0.312. The van der Waals surface area contributed by atoms with E-state index < -0.39 is 0 Å². The molecule has 0 bridgehead atoms. The Kier molecular flexibility index (Phi) is 4.93. The van der Waals surface area contributed by atoms with Gasteiger partial charge in [0.05, 0.1) is 6.54 Å². The van der Waals surface area contributed by atoms with E-state index in [0.717, 1.165) is 23.4 Å². The van der Waals surface area contributed by atoms with Crippen molar-refractivity contribution < 1.29 is 4.79 Å². The van der Waals surface area contributed by atoms with Crippen molar-refractivity contribution in [2.45, 2.75) is 20.4 Å². The highest BCUT2D eigenvalue weighted by molar-refractivity contribution is 7.09. The number of aryl methyl sites for hydroxylation is 2. The van der Waals surface area contributed by atoms with Crippen LogP contribution in [0.5, 0.6) is 0 Å². The Balaban J connectivity index is 1.90. The van der Waals surface area contributed by atoms with E-state index in [9.17, 15) is 4.79 Å². The number of amides is 1. The Labute approximate surface area is 124 Å². The van der Waals surface area contributed by atoms with Crippen molar-refractivity contribution in [2.75, 3.05) is 18.9 Å². The molecule has 0 saturated carbocycles. The van der Waals surface area contributed by atoms with Gasteiger partial charge in [0.1, 0.15) is 0 Å². The molecule has 1 amide bonds. The van der Waals surface area contributed by atoms with Gasteiger partial charge in [-0.2, -0.15) is 0 Å². The van der Waals surface area contributed by atoms with Crippen molar-refractivity contribution in [3.63, 3.8) is 0 Å². The van der Waals surface area contributed by atoms with Crippen LogP contribution in [0, 0.1) is 13.8 Å². The normalized spacial score (nSPS) is 10.8. The second-order valence-electron chi connectivity index (χ2n) is 5.12. The van der Waals surface area contributed by atoms with E-state index >= 15 is 0 Å². The third-order valence-corrected chi connectivity index (χ3v) is 3.95. The maximum atomic E-state index is 12.1. The van der Waals surface area contributed by atoms with Crippen LogP contribution in [0.1, 0.15) is 16.0 Å². The van der Waals surface area contributed by atoms with Crippen LogP contribution in [0.4, 0.5) is 5.69 Å². The number of carbonyl (C=O) groups is 1. The number of thiophene rings is 1. The number of hydrogen-bond acceptors (Lipinski definition) is 3. The summed E-state index contributed by atoms with van der Waals surface area (Å²) in [5, 5.41) is 5.04. The summed E-state index contributed by atoms with van der Waals surface area (Å²) < 4.78 is 0. The van der Waals surface area contributed by atoms with Gasteiger partial charge in [0.25, 0.3) is 0 Å². The molecular formula is C16H20N2OS. The highest BCUT2D eigenvalue weighted by Crippen LogP contribution is 2.16. The number of carbonyl (C=O) groups excluding carboxylic acids is 1. The molecular weight excluding hydrogens is 268 g/mol. The molecule has 4 heteroatoms. The molecule has 106 valence electrons. The zero-order chi connectivity index (χ0) is 14.5. The van der Waals surface area contributed by atoms with Crippen LogP contribution in [-0.2, 0) is 11.3 Å². The second-order valence-corrected chi connectivity index (χ2v) is 6.15. The largest absolute Gasteiger partial charge is 0.325 e. The zero-order valence-corrected chi connectivity index (χ0v) is 13.0. The number of nitrogens with one attached hydrogen (secondary N) is 1. The Morgan fingerprint density at radius 1 is 1.30 bits per heavy atom. The van der Waals surface area contributed by atoms with E-state index in [1.165, 1.54) is 4.88 Å². The van der Waals surface area contributed by atoms with E-state index in [2.05, 4.69) is 16.8 Å². The monoisotopic (exact) mass is 288 g/mol. The first-order chi connectivity index (χ1) is 9.54. The van der Waals surface area contributed by atoms with Crippen LogP contribution >= 0.6 is 11.3 Å². The standard InChI is InChI=1S/C16H20N2OS/c1-12-6-7-13(2)15(9-12)17-16(19)11-18(3)10-14-5-4-8-20-14/h4-9H,10-11H2,1-3H3,(H,17,19). The molecule has 1 aromatic heterocycles. The van der Waals surface area contributed by atoms with Gasteiger partial charge >= 0.3 is 0 Å². The topological polar surface area (TPSA) is 32.3 Å². The number of rotatable bonds is 5. The van der Waals surface area contributed by atoms with Gasteiger partial charge in [-0.05, 0) is 49.5 Å². The third-order valence-electron chi connectivity index (χ3n) is 3.09. The van der Waals surface area contributed by atoms with E-state index in [0.29, 0.717) is 6.54 Å². The first-order valence-corrected chi connectivity index (χ1v) is 7.50. The van der Waals surface area contributed by atoms with Crippen LogP contribution in [0.15, 0.2) is 35.7 Å². The number of hydrogen-bond donors (Lipinski definition) is 1. The molecule has 0 aliphatic carbocycles. The van der Waals surface area contributed by atoms with Gasteiger partial charge < -0.3 is 5.32 Å². The Morgan fingerprint density at radius 2 is 2.10 bits per heavy atom. The fourth-order valence-corrected chi connectivity index (χ4v) is 2.81. The maximum Gasteiger partial charge on any atom is 0.238 e. The molecule has 1 N–H and O–H groups in total. The van der Waals surface area contributed by atoms with Gasteiger partial charge in [0.2, 0.25) is 5.91 Å². The van der Waals surface area contributed by atoms with E-state index in [4.69, 9.17) is 0 Å². The number of anilines is 1. The average Bonchev–Trinajstić information content (AvgIpc) is 2.86. The molecule has 2 aromatic rings. The van der Waals surface area contributed by atoms with Crippen molar-refractivity contribution >= 4 is 22.9 Å². The summed E-state index contributed by atoms with van der Waals surface area (Å²) in [6.45, 7) is 5.23. The predicted octanol–water partition coefficient (Wildman–Crippen LogP) is 3.44. The highest BCUT2D eigenvalue weighted by atomic mass is 32.1. The second kappa shape index (κ2) is 6.68. The van der Waals surface area contributed by atoms with E-state index in [1.54, 1.807) is 11.3 Å². The minimum absolute atomic E-state index is 0.0257. The third kappa shape index (κ3) is 4.18. The lowest BCUT2D eigenvalue weighted by molar-refractivity contribution is -0.117. The Morgan fingerprint density at radius 3 is 2.80 bits per heavy atom. The lowest BCUT2D eigenvalue weighted by Crippen LogP contribution is -2.29. The van der Waals surface area contributed by atoms with Crippen molar-refractivity contribution in [3.05, 3.63) is 51.7 Å². The first kappa shape index (κ1) is 14.8. The maximum absolute atomic E-state index is 12.1. The summed E-state index contributed by atoms with van der Waals surface area (Å²) in [6, 6.07) is 10.2. The molecule has 1 heterocycles. The number of likely N-dealkylation sites (N-methyl/N-ethyl adjacent to an activating group) is 1. The lowest BCUT2D eigenvalue weighted by Gasteiger charge is -2.16. The van der Waals surface area contributed by atoms with Crippen LogP contribution in [0.25, 0.3) is 0 Å². The molecule has 0 aliphatic rings. The summed E-state index contributed by atoms with van der Waals surface area (Å²) in [7, 11) is 1.96. The van der Waals surface area contributed by atoms with Gasteiger partial charge in [-0.15, -0.1) is 11.3 Å². The first-order valence-electron chi connectivity index (χ1n) is 6.62. The molecule has 0 spiro atoms. The fourth-order valence-electron chi connectivity index (χ4n) is 2.03. The van der Waals surface area contributed by atoms with Crippen molar-refractivity contribution in [1.29, 1.82) is 0 Å². The van der Waals surface area contributed by atoms with Gasteiger partial charge in [0.15, 0.2) is 0 Å². The summed E-state index contributed by atoms with van der Waals surface area (Å²) in [4.78, 5) is 15.4. The molecule has 2 rings (SSSR count). The molecule has 1 aromatic carbocycles. The molecule has 0 aliphatic heterocycles. The number of nitrogens with zero attached hydrogens (tertiary/aromatic N) is 1.